The predicted octanol–water partition coefficient (Wildman–Crippen LogP) is 2.57. The third-order valence-electron chi connectivity index (χ3n) is 3.71. The highest BCUT2D eigenvalue weighted by atomic mass is 19.1. The van der Waals surface area contributed by atoms with Crippen molar-refractivity contribution >= 4 is 10.9 Å². The van der Waals surface area contributed by atoms with Gasteiger partial charge in [0.25, 0.3) is 0 Å². The van der Waals surface area contributed by atoms with Crippen molar-refractivity contribution in [2.75, 3.05) is 32.8 Å². The monoisotopic (exact) mass is 262 g/mol. The molecule has 0 spiro atoms. The van der Waals surface area contributed by atoms with Gasteiger partial charge in [-0.05, 0) is 43.1 Å². The highest BCUT2D eigenvalue weighted by molar-refractivity contribution is 5.80. The lowest BCUT2D eigenvalue weighted by molar-refractivity contribution is 0.0375. The second kappa shape index (κ2) is 5.72. The molecule has 0 radical (unpaired) electrons. The SMILES string of the molecule is Fc1cc(CCCN2CCOCC2)cc2cc[nH]c12. The molecule has 0 unspecified atom stereocenters. The van der Waals surface area contributed by atoms with Crippen LogP contribution >= 0.6 is 0 Å². The number of hydrogen-bond donors (Lipinski definition) is 1. The lowest BCUT2D eigenvalue weighted by Gasteiger charge is -2.26. The van der Waals surface area contributed by atoms with Crippen LogP contribution in [0.3, 0.4) is 0 Å². The van der Waals surface area contributed by atoms with E-state index in [9.17, 15) is 4.39 Å². The smallest absolute Gasteiger partial charge is 0.147 e. The zero-order valence-electron chi connectivity index (χ0n) is 11.0. The first-order valence-electron chi connectivity index (χ1n) is 6.88. The summed E-state index contributed by atoms with van der Waals surface area (Å²) < 4.78 is 19.1. The summed E-state index contributed by atoms with van der Waals surface area (Å²) in [6.07, 6.45) is 3.77. The molecular weight excluding hydrogens is 243 g/mol. The third-order valence-corrected chi connectivity index (χ3v) is 3.71. The van der Waals surface area contributed by atoms with Crippen molar-refractivity contribution in [1.29, 1.82) is 0 Å². The van der Waals surface area contributed by atoms with E-state index in [0.29, 0.717) is 5.52 Å². The molecule has 1 aromatic heterocycles. The van der Waals surface area contributed by atoms with Gasteiger partial charge in [-0.3, -0.25) is 4.90 Å². The zero-order valence-corrected chi connectivity index (χ0v) is 11.0. The summed E-state index contributed by atoms with van der Waals surface area (Å²) in [5, 5.41) is 0.960. The Morgan fingerprint density at radius 1 is 1.26 bits per heavy atom. The summed E-state index contributed by atoms with van der Waals surface area (Å²) in [6.45, 7) is 4.78. The number of halogens is 1. The van der Waals surface area contributed by atoms with Gasteiger partial charge in [0.05, 0.1) is 18.7 Å². The third kappa shape index (κ3) is 2.96. The lowest BCUT2D eigenvalue weighted by Crippen LogP contribution is -2.36. The van der Waals surface area contributed by atoms with Gasteiger partial charge in [0.15, 0.2) is 0 Å². The van der Waals surface area contributed by atoms with Gasteiger partial charge >= 0.3 is 0 Å². The molecule has 4 heteroatoms. The first kappa shape index (κ1) is 12.6. The number of nitrogens with zero attached hydrogens (tertiary/aromatic N) is 1. The molecule has 0 bridgehead atoms. The minimum atomic E-state index is -0.149. The van der Waals surface area contributed by atoms with Crippen molar-refractivity contribution in [2.24, 2.45) is 0 Å². The minimum absolute atomic E-state index is 0.149. The van der Waals surface area contributed by atoms with Crippen molar-refractivity contribution in [1.82, 2.24) is 9.88 Å². The Morgan fingerprint density at radius 3 is 2.95 bits per heavy atom. The van der Waals surface area contributed by atoms with E-state index in [1.165, 1.54) is 0 Å². The number of aromatic amines is 1. The zero-order chi connectivity index (χ0) is 13.1. The number of fused-ring (bicyclic) bond motifs is 1. The van der Waals surface area contributed by atoms with Crippen LogP contribution in [0.25, 0.3) is 10.9 Å². The maximum Gasteiger partial charge on any atom is 0.147 e. The van der Waals surface area contributed by atoms with Crippen LogP contribution in [0.4, 0.5) is 4.39 Å². The van der Waals surface area contributed by atoms with Crippen LogP contribution in [0.1, 0.15) is 12.0 Å². The van der Waals surface area contributed by atoms with E-state index < -0.39 is 0 Å². The molecule has 2 heterocycles. The van der Waals surface area contributed by atoms with Gasteiger partial charge < -0.3 is 9.72 Å². The molecule has 1 aromatic carbocycles. The second-order valence-corrected chi connectivity index (χ2v) is 5.08. The number of morpholine rings is 1. The Morgan fingerprint density at radius 2 is 2.11 bits per heavy atom. The van der Waals surface area contributed by atoms with Crippen LogP contribution < -0.4 is 0 Å². The van der Waals surface area contributed by atoms with Crippen LogP contribution in [0.2, 0.25) is 0 Å². The van der Waals surface area contributed by atoms with E-state index >= 15 is 0 Å². The molecule has 3 nitrogen and oxygen atoms in total. The van der Waals surface area contributed by atoms with Crippen LogP contribution in [-0.2, 0) is 11.2 Å². The average Bonchev–Trinajstić information content (AvgIpc) is 2.89. The number of aromatic nitrogens is 1. The topological polar surface area (TPSA) is 28.3 Å². The summed E-state index contributed by atoms with van der Waals surface area (Å²) in [6, 6.07) is 5.65. The Hall–Kier alpha value is -1.39. The summed E-state index contributed by atoms with van der Waals surface area (Å²) in [5.41, 5.74) is 1.69. The van der Waals surface area contributed by atoms with Crippen molar-refractivity contribution in [3.63, 3.8) is 0 Å². The standard InChI is InChI=1S/C15H19FN2O/c16-14-11-12(10-13-3-4-17-15(13)14)2-1-5-18-6-8-19-9-7-18/h3-4,10-11,17H,1-2,5-9H2. The molecule has 0 atom stereocenters. The Bertz CT molecular complexity index is 546. The number of ether oxygens (including phenoxy) is 1. The van der Waals surface area contributed by atoms with E-state index in [1.807, 2.05) is 6.07 Å². The fraction of sp³-hybridized carbons (Fsp3) is 0.467. The van der Waals surface area contributed by atoms with Crippen LogP contribution in [0.5, 0.6) is 0 Å². The van der Waals surface area contributed by atoms with Gasteiger partial charge in [-0.2, -0.15) is 0 Å². The minimum Gasteiger partial charge on any atom is -0.379 e. The largest absolute Gasteiger partial charge is 0.379 e. The van der Waals surface area contributed by atoms with Crippen molar-refractivity contribution in [2.45, 2.75) is 12.8 Å². The molecule has 0 aliphatic carbocycles. The molecule has 19 heavy (non-hydrogen) atoms. The lowest BCUT2D eigenvalue weighted by atomic mass is 10.1. The molecular formula is C15H19FN2O. The van der Waals surface area contributed by atoms with E-state index in [0.717, 1.165) is 56.6 Å². The molecule has 102 valence electrons. The molecule has 1 aliphatic heterocycles. The van der Waals surface area contributed by atoms with Gasteiger partial charge in [-0.1, -0.05) is 0 Å². The number of H-pyrrole nitrogens is 1. The maximum absolute atomic E-state index is 13.8. The first-order valence-corrected chi connectivity index (χ1v) is 6.88. The summed E-state index contributed by atoms with van der Waals surface area (Å²) >= 11 is 0. The van der Waals surface area contributed by atoms with Crippen LogP contribution in [-0.4, -0.2) is 42.7 Å². The Kier molecular flexibility index (Phi) is 3.80. The van der Waals surface area contributed by atoms with Gasteiger partial charge in [0, 0.05) is 24.7 Å². The van der Waals surface area contributed by atoms with E-state index in [2.05, 4.69) is 16.0 Å². The van der Waals surface area contributed by atoms with Crippen LogP contribution in [0.15, 0.2) is 24.4 Å². The summed E-state index contributed by atoms with van der Waals surface area (Å²) in [4.78, 5) is 5.34. The number of hydrogen-bond acceptors (Lipinski definition) is 2. The molecule has 1 fully saturated rings. The molecule has 1 saturated heterocycles. The molecule has 0 saturated carbocycles. The van der Waals surface area contributed by atoms with Crippen LogP contribution in [0, 0.1) is 5.82 Å². The van der Waals surface area contributed by atoms with Crippen molar-refractivity contribution in [3.8, 4) is 0 Å². The highest BCUT2D eigenvalue weighted by Crippen LogP contribution is 2.19. The Labute approximate surface area is 112 Å². The molecule has 2 aromatic rings. The fourth-order valence-corrected chi connectivity index (χ4v) is 2.66. The fourth-order valence-electron chi connectivity index (χ4n) is 2.66. The number of benzene rings is 1. The summed E-state index contributed by atoms with van der Waals surface area (Å²) in [7, 11) is 0. The van der Waals surface area contributed by atoms with Gasteiger partial charge in [-0.15, -0.1) is 0 Å². The molecule has 1 aliphatic rings. The first-order chi connectivity index (χ1) is 9.33. The normalized spacial score (nSPS) is 17.1. The van der Waals surface area contributed by atoms with Crippen molar-refractivity contribution < 1.29 is 9.13 Å². The number of nitrogens with one attached hydrogen (secondary N) is 1. The molecule has 3 rings (SSSR count). The van der Waals surface area contributed by atoms with Crippen molar-refractivity contribution in [3.05, 3.63) is 35.8 Å². The van der Waals surface area contributed by atoms with Gasteiger partial charge in [-0.25, -0.2) is 4.39 Å². The highest BCUT2D eigenvalue weighted by Gasteiger charge is 2.10. The van der Waals surface area contributed by atoms with Gasteiger partial charge in [0.2, 0.25) is 0 Å². The molecule has 1 N–H and O–H groups in total. The quantitative estimate of drug-likeness (QED) is 0.917. The molecule has 0 amide bonds. The van der Waals surface area contributed by atoms with E-state index in [-0.39, 0.29) is 5.82 Å². The van der Waals surface area contributed by atoms with E-state index in [1.54, 1.807) is 12.3 Å². The number of rotatable bonds is 4. The summed E-state index contributed by atoms with van der Waals surface area (Å²) in [5.74, 6) is -0.149. The van der Waals surface area contributed by atoms with E-state index in [4.69, 9.17) is 4.74 Å². The maximum atomic E-state index is 13.8. The predicted molar refractivity (Wildman–Crippen MR) is 73.8 cm³/mol. The Balaban J connectivity index is 1.58. The average molecular weight is 262 g/mol. The second-order valence-electron chi connectivity index (χ2n) is 5.08. The number of aryl methyl sites for hydroxylation is 1. The van der Waals surface area contributed by atoms with Gasteiger partial charge in [0.1, 0.15) is 5.82 Å².